The average molecular weight is 261 g/mol. The quantitative estimate of drug-likeness (QED) is 0.829. The van der Waals surface area contributed by atoms with Gasteiger partial charge in [-0.2, -0.15) is 0 Å². The second-order valence-corrected chi connectivity index (χ2v) is 3.76. The molecule has 1 heterocycles. The molecule has 0 aliphatic heterocycles. The number of pyridine rings is 1. The molecular formula is C13H12FN3O2. The third-order valence-electron chi connectivity index (χ3n) is 2.52. The molecule has 6 heteroatoms. The van der Waals surface area contributed by atoms with Gasteiger partial charge in [0, 0.05) is 18.0 Å². The fraction of sp³-hybridized carbons (Fsp3) is 0.0769. The summed E-state index contributed by atoms with van der Waals surface area (Å²) in [6.45, 7) is 0. The van der Waals surface area contributed by atoms with Gasteiger partial charge in [0.2, 0.25) is 0 Å². The Bertz CT molecular complexity index is 617. The highest BCUT2D eigenvalue weighted by molar-refractivity contribution is 6.07. The van der Waals surface area contributed by atoms with Crippen molar-refractivity contribution in [3.05, 3.63) is 48.0 Å². The van der Waals surface area contributed by atoms with Gasteiger partial charge in [0.25, 0.3) is 5.91 Å². The molecule has 0 saturated heterocycles. The van der Waals surface area contributed by atoms with Crippen molar-refractivity contribution in [2.24, 2.45) is 0 Å². The number of halogens is 1. The van der Waals surface area contributed by atoms with Crippen molar-refractivity contribution in [2.45, 2.75) is 0 Å². The van der Waals surface area contributed by atoms with E-state index < -0.39 is 11.7 Å². The first-order chi connectivity index (χ1) is 9.11. The minimum atomic E-state index is -0.608. The van der Waals surface area contributed by atoms with Crippen molar-refractivity contribution in [3.63, 3.8) is 0 Å². The maximum Gasteiger partial charge on any atom is 0.257 e. The van der Waals surface area contributed by atoms with Crippen LogP contribution in [0.5, 0.6) is 5.75 Å². The zero-order chi connectivity index (χ0) is 13.8. The van der Waals surface area contributed by atoms with Crippen LogP contribution in [-0.2, 0) is 0 Å². The fourth-order valence-electron chi connectivity index (χ4n) is 1.54. The number of aromatic nitrogens is 1. The lowest BCUT2D eigenvalue weighted by molar-refractivity contribution is 0.102. The Morgan fingerprint density at radius 1 is 1.42 bits per heavy atom. The first-order valence-electron chi connectivity index (χ1n) is 5.46. The maximum absolute atomic E-state index is 13.4. The second kappa shape index (κ2) is 5.34. The summed E-state index contributed by atoms with van der Waals surface area (Å²) in [5.74, 6) is -0.558. The van der Waals surface area contributed by atoms with E-state index in [4.69, 9.17) is 10.5 Å². The smallest absolute Gasteiger partial charge is 0.257 e. The van der Waals surface area contributed by atoms with Crippen molar-refractivity contribution >= 4 is 17.3 Å². The molecule has 0 spiro atoms. The lowest BCUT2D eigenvalue weighted by Crippen LogP contribution is -2.15. The highest BCUT2D eigenvalue weighted by Crippen LogP contribution is 2.21. The van der Waals surface area contributed by atoms with Gasteiger partial charge in [-0.1, -0.05) is 0 Å². The number of amides is 1. The second-order valence-electron chi connectivity index (χ2n) is 3.76. The molecule has 5 nitrogen and oxygen atoms in total. The van der Waals surface area contributed by atoms with Crippen LogP contribution in [0.4, 0.5) is 15.8 Å². The van der Waals surface area contributed by atoms with E-state index >= 15 is 0 Å². The van der Waals surface area contributed by atoms with E-state index in [1.54, 1.807) is 6.07 Å². The largest absolute Gasteiger partial charge is 0.497 e. The van der Waals surface area contributed by atoms with Crippen molar-refractivity contribution in [1.29, 1.82) is 0 Å². The topological polar surface area (TPSA) is 77.2 Å². The molecule has 0 radical (unpaired) electrons. The molecule has 0 saturated carbocycles. The summed E-state index contributed by atoms with van der Waals surface area (Å²) in [6.07, 6.45) is 2.41. The summed E-state index contributed by atoms with van der Waals surface area (Å²) in [7, 11) is 1.50. The SMILES string of the molecule is COc1ccc(C(=O)Nc2ccncc2F)c(N)c1. The van der Waals surface area contributed by atoms with Crippen LogP contribution in [0.25, 0.3) is 0 Å². The molecule has 19 heavy (non-hydrogen) atoms. The Labute approximate surface area is 109 Å². The molecule has 3 N–H and O–H groups in total. The molecule has 0 unspecified atom stereocenters. The van der Waals surface area contributed by atoms with Gasteiger partial charge in [-0.05, 0) is 18.2 Å². The van der Waals surface area contributed by atoms with E-state index in [2.05, 4.69) is 10.3 Å². The molecule has 0 aliphatic rings. The molecular weight excluding hydrogens is 249 g/mol. The van der Waals surface area contributed by atoms with E-state index in [0.29, 0.717) is 5.75 Å². The van der Waals surface area contributed by atoms with Gasteiger partial charge < -0.3 is 15.8 Å². The van der Waals surface area contributed by atoms with Crippen molar-refractivity contribution in [1.82, 2.24) is 4.98 Å². The van der Waals surface area contributed by atoms with Gasteiger partial charge >= 0.3 is 0 Å². The Morgan fingerprint density at radius 3 is 2.84 bits per heavy atom. The number of nitrogen functional groups attached to an aromatic ring is 1. The van der Waals surface area contributed by atoms with Gasteiger partial charge in [0.15, 0.2) is 5.82 Å². The average Bonchev–Trinajstić information content (AvgIpc) is 2.41. The number of hydrogen-bond acceptors (Lipinski definition) is 4. The first-order valence-corrected chi connectivity index (χ1v) is 5.46. The van der Waals surface area contributed by atoms with Crippen LogP contribution < -0.4 is 15.8 Å². The van der Waals surface area contributed by atoms with Crippen LogP contribution in [0.3, 0.4) is 0 Å². The zero-order valence-corrected chi connectivity index (χ0v) is 10.2. The zero-order valence-electron chi connectivity index (χ0n) is 10.2. The van der Waals surface area contributed by atoms with Gasteiger partial charge in [-0.15, -0.1) is 0 Å². The summed E-state index contributed by atoms with van der Waals surface area (Å²) in [5.41, 5.74) is 6.30. The van der Waals surface area contributed by atoms with E-state index in [9.17, 15) is 9.18 Å². The van der Waals surface area contributed by atoms with E-state index in [-0.39, 0.29) is 16.9 Å². The number of hydrogen-bond donors (Lipinski definition) is 2. The third-order valence-corrected chi connectivity index (χ3v) is 2.52. The molecule has 0 atom stereocenters. The van der Waals surface area contributed by atoms with Crippen LogP contribution in [0.15, 0.2) is 36.7 Å². The number of methoxy groups -OCH3 is 1. The minimum Gasteiger partial charge on any atom is -0.497 e. The molecule has 1 aromatic heterocycles. The number of carbonyl (C=O) groups excluding carboxylic acids is 1. The molecule has 98 valence electrons. The summed E-state index contributed by atoms with van der Waals surface area (Å²) >= 11 is 0. The Kier molecular flexibility index (Phi) is 3.61. The molecule has 2 rings (SSSR count). The maximum atomic E-state index is 13.4. The van der Waals surface area contributed by atoms with Crippen molar-refractivity contribution in [2.75, 3.05) is 18.2 Å². The fourth-order valence-corrected chi connectivity index (χ4v) is 1.54. The minimum absolute atomic E-state index is 0.0511. The van der Waals surface area contributed by atoms with Gasteiger partial charge in [-0.25, -0.2) is 4.39 Å². The number of carbonyl (C=O) groups is 1. The Hall–Kier alpha value is -2.63. The van der Waals surface area contributed by atoms with Crippen LogP contribution in [-0.4, -0.2) is 18.0 Å². The molecule has 1 amide bonds. The molecule has 0 aliphatic carbocycles. The Balaban J connectivity index is 2.23. The number of benzene rings is 1. The van der Waals surface area contributed by atoms with Crippen molar-refractivity contribution in [3.8, 4) is 5.75 Å². The molecule has 0 bridgehead atoms. The van der Waals surface area contributed by atoms with Gasteiger partial charge in [-0.3, -0.25) is 9.78 Å². The molecule has 1 aromatic carbocycles. The monoisotopic (exact) mass is 261 g/mol. The highest BCUT2D eigenvalue weighted by atomic mass is 19.1. The number of ether oxygens (including phenoxy) is 1. The summed E-state index contributed by atoms with van der Waals surface area (Å²) < 4.78 is 18.3. The number of nitrogens with two attached hydrogens (primary N) is 1. The number of nitrogens with zero attached hydrogens (tertiary/aromatic N) is 1. The Morgan fingerprint density at radius 2 is 2.21 bits per heavy atom. The van der Waals surface area contributed by atoms with E-state index in [1.165, 1.54) is 31.5 Å². The predicted octanol–water partition coefficient (Wildman–Crippen LogP) is 2.06. The van der Waals surface area contributed by atoms with Crippen molar-refractivity contribution < 1.29 is 13.9 Å². The highest BCUT2D eigenvalue weighted by Gasteiger charge is 2.12. The number of rotatable bonds is 3. The third kappa shape index (κ3) is 2.79. The summed E-state index contributed by atoms with van der Waals surface area (Å²) in [5, 5.41) is 2.43. The van der Waals surface area contributed by atoms with Gasteiger partial charge in [0.1, 0.15) is 5.75 Å². The number of anilines is 2. The van der Waals surface area contributed by atoms with Gasteiger partial charge in [0.05, 0.1) is 24.6 Å². The lowest BCUT2D eigenvalue weighted by atomic mass is 10.1. The normalized spacial score (nSPS) is 10.0. The van der Waals surface area contributed by atoms with Crippen LogP contribution >= 0.6 is 0 Å². The summed E-state index contributed by atoms with van der Waals surface area (Å²) in [4.78, 5) is 15.6. The first kappa shape index (κ1) is 12.8. The predicted molar refractivity (Wildman–Crippen MR) is 69.6 cm³/mol. The van der Waals surface area contributed by atoms with E-state index in [0.717, 1.165) is 6.20 Å². The van der Waals surface area contributed by atoms with Crippen LogP contribution in [0.1, 0.15) is 10.4 Å². The van der Waals surface area contributed by atoms with E-state index in [1.807, 2.05) is 0 Å². The van der Waals surface area contributed by atoms with Crippen LogP contribution in [0.2, 0.25) is 0 Å². The summed E-state index contributed by atoms with van der Waals surface area (Å²) in [6, 6.07) is 6.02. The number of nitrogens with one attached hydrogen (secondary N) is 1. The standard InChI is InChI=1S/C13H12FN3O2/c1-19-8-2-3-9(11(15)6-8)13(18)17-12-4-5-16-7-10(12)14/h2-7H,15H2,1H3,(H,16,17,18). The molecule has 2 aromatic rings. The van der Waals surface area contributed by atoms with Crippen LogP contribution in [0, 0.1) is 5.82 Å². The lowest BCUT2D eigenvalue weighted by Gasteiger charge is -2.09. The molecule has 0 fully saturated rings.